The lowest BCUT2D eigenvalue weighted by molar-refractivity contribution is -0.117. The second kappa shape index (κ2) is 7.90. The number of anilines is 1. The summed E-state index contributed by atoms with van der Waals surface area (Å²) in [6.45, 7) is 6.50. The molecule has 3 aromatic heterocycles. The molecule has 7 nitrogen and oxygen atoms in total. The summed E-state index contributed by atoms with van der Waals surface area (Å²) in [5, 5.41) is 8.59. The molecule has 1 spiro atoms. The van der Waals surface area contributed by atoms with Gasteiger partial charge in [-0.2, -0.15) is 0 Å². The first kappa shape index (κ1) is 19.8. The molecule has 0 radical (unpaired) electrons. The van der Waals surface area contributed by atoms with Crippen LogP contribution in [-0.4, -0.2) is 60.2 Å². The van der Waals surface area contributed by atoms with Crippen LogP contribution in [0.15, 0.2) is 18.5 Å². The van der Waals surface area contributed by atoms with Crippen LogP contribution in [0.25, 0.3) is 20.8 Å². The van der Waals surface area contributed by atoms with Gasteiger partial charge in [-0.25, -0.2) is 4.98 Å². The second-order valence-corrected chi connectivity index (χ2v) is 10.9. The summed E-state index contributed by atoms with van der Waals surface area (Å²) in [5.41, 5.74) is 3.72. The van der Waals surface area contributed by atoms with Crippen molar-refractivity contribution in [2.75, 3.05) is 44.7 Å². The van der Waals surface area contributed by atoms with E-state index in [1.807, 2.05) is 12.3 Å². The molecule has 2 saturated heterocycles. The summed E-state index contributed by atoms with van der Waals surface area (Å²) < 4.78 is 6.68. The molecule has 6 heterocycles. The Kier molecular flexibility index (Phi) is 5.03. The number of thiophene rings is 1. The smallest absolute Gasteiger partial charge is 0.226 e. The highest BCUT2D eigenvalue weighted by Gasteiger charge is 2.45. The van der Waals surface area contributed by atoms with E-state index in [1.54, 1.807) is 28.9 Å². The van der Waals surface area contributed by atoms with Gasteiger partial charge in [-0.05, 0) is 31.0 Å². The zero-order chi connectivity index (χ0) is 20.8. The van der Waals surface area contributed by atoms with Gasteiger partial charge in [0.2, 0.25) is 5.91 Å². The molecule has 3 aliphatic heterocycles. The first-order valence-corrected chi connectivity index (χ1v) is 12.5. The standard InChI is InChI=1S/C22H25N5O2S2.2H2/c28-18(3-7-27-11-22(12-27)4-8-29-13-22)26-21-19(14-1-5-24-10-17(14)31-21)20-25-15-9-23-6-2-16(15)30-20;;/h2,6,9,24H,1,3-5,7-8,10-13H2,(H,26,28);2*1H. The number of rotatable bonds is 5. The van der Waals surface area contributed by atoms with Crippen molar-refractivity contribution in [1.82, 2.24) is 20.2 Å². The van der Waals surface area contributed by atoms with Crippen molar-refractivity contribution >= 4 is 43.8 Å². The Morgan fingerprint density at radius 1 is 1.39 bits per heavy atom. The quantitative estimate of drug-likeness (QED) is 0.607. The number of nitrogens with one attached hydrogen (secondary N) is 2. The summed E-state index contributed by atoms with van der Waals surface area (Å²) in [7, 11) is 0. The molecule has 0 atom stereocenters. The van der Waals surface area contributed by atoms with Gasteiger partial charge in [-0.3, -0.25) is 9.78 Å². The number of thiazole rings is 1. The Labute approximate surface area is 191 Å². The predicted molar refractivity (Wildman–Crippen MR) is 128 cm³/mol. The fourth-order valence-electron chi connectivity index (χ4n) is 4.94. The van der Waals surface area contributed by atoms with Crippen molar-refractivity contribution in [2.24, 2.45) is 5.41 Å². The number of nitrogens with zero attached hydrogens (tertiary/aromatic N) is 3. The number of carbonyl (C=O) groups is 1. The lowest BCUT2D eigenvalue weighted by Gasteiger charge is -2.47. The summed E-state index contributed by atoms with van der Waals surface area (Å²) in [6.07, 6.45) is 6.25. The maximum atomic E-state index is 12.8. The Bertz CT molecular complexity index is 1100. The van der Waals surface area contributed by atoms with E-state index in [4.69, 9.17) is 9.72 Å². The number of fused-ring (bicyclic) bond motifs is 2. The van der Waals surface area contributed by atoms with Crippen molar-refractivity contribution in [2.45, 2.75) is 25.8 Å². The third-order valence-electron chi connectivity index (χ3n) is 6.54. The molecule has 3 aromatic rings. The number of pyridine rings is 1. The first-order chi connectivity index (χ1) is 15.2. The SMILES string of the molecule is O=C(CCN1CC2(CCOC2)C1)Nc1sc2c(c1-c1nc3cnccc3s1)CCNC2.[HH].[HH]. The van der Waals surface area contributed by atoms with E-state index in [-0.39, 0.29) is 8.76 Å². The van der Waals surface area contributed by atoms with Crippen molar-refractivity contribution in [3.05, 3.63) is 28.9 Å². The van der Waals surface area contributed by atoms with Crippen molar-refractivity contribution in [1.29, 1.82) is 0 Å². The van der Waals surface area contributed by atoms with Crippen LogP contribution in [0.3, 0.4) is 0 Å². The van der Waals surface area contributed by atoms with Gasteiger partial charge >= 0.3 is 0 Å². The average Bonchev–Trinajstić information content (AvgIpc) is 3.47. The van der Waals surface area contributed by atoms with Crippen molar-refractivity contribution < 1.29 is 12.4 Å². The van der Waals surface area contributed by atoms with Crippen LogP contribution in [0.2, 0.25) is 0 Å². The Morgan fingerprint density at radius 3 is 3.16 bits per heavy atom. The van der Waals surface area contributed by atoms with E-state index in [9.17, 15) is 4.79 Å². The molecule has 0 saturated carbocycles. The molecule has 0 aromatic carbocycles. The molecule has 2 fully saturated rings. The van der Waals surface area contributed by atoms with Gasteiger partial charge < -0.3 is 20.3 Å². The lowest BCUT2D eigenvalue weighted by atomic mass is 9.79. The van der Waals surface area contributed by atoms with Gasteiger partial charge in [0, 0.05) is 64.1 Å². The number of hydrogen-bond acceptors (Lipinski definition) is 8. The third kappa shape index (κ3) is 3.68. The molecule has 6 rings (SSSR count). The molecular weight excluding hydrogens is 430 g/mol. The van der Waals surface area contributed by atoms with E-state index in [0.717, 1.165) is 84.6 Å². The minimum atomic E-state index is 0. The van der Waals surface area contributed by atoms with Crippen LogP contribution in [0.1, 0.15) is 26.1 Å². The number of ether oxygens (including phenoxy) is 1. The van der Waals surface area contributed by atoms with Crippen LogP contribution in [0.4, 0.5) is 5.00 Å². The highest BCUT2D eigenvalue weighted by molar-refractivity contribution is 7.22. The fraction of sp³-hybridized carbons (Fsp3) is 0.500. The monoisotopic (exact) mass is 459 g/mol. The van der Waals surface area contributed by atoms with E-state index in [1.165, 1.54) is 10.4 Å². The maximum Gasteiger partial charge on any atom is 0.226 e. The van der Waals surface area contributed by atoms with Crippen LogP contribution in [0, 0.1) is 5.41 Å². The minimum Gasteiger partial charge on any atom is -0.381 e. The average molecular weight is 460 g/mol. The highest BCUT2D eigenvalue weighted by Crippen LogP contribution is 2.45. The fourth-order valence-corrected chi connectivity index (χ4v) is 7.25. The third-order valence-corrected chi connectivity index (χ3v) is 8.74. The van der Waals surface area contributed by atoms with Gasteiger partial charge in [-0.15, -0.1) is 22.7 Å². The normalized spacial score (nSPS) is 20.1. The number of aromatic nitrogens is 2. The lowest BCUT2D eigenvalue weighted by Crippen LogP contribution is -2.57. The van der Waals surface area contributed by atoms with Crippen LogP contribution < -0.4 is 10.6 Å². The zero-order valence-electron chi connectivity index (χ0n) is 17.3. The molecular formula is C22H29N5O2S2. The molecule has 0 aliphatic carbocycles. The molecule has 166 valence electrons. The summed E-state index contributed by atoms with van der Waals surface area (Å²) in [4.78, 5) is 25.6. The molecule has 1 amide bonds. The number of likely N-dealkylation sites (tertiary alicyclic amines) is 1. The van der Waals surface area contributed by atoms with Crippen LogP contribution in [-0.2, 0) is 22.5 Å². The Hall–Kier alpha value is -1.91. The Morgan fingerprint density at radius 2 is 2.32 bits per heavy atom. The molecule has 2 N–H and O–H groups in total. The maximum absolute atomic E-state index is 12.8. The van der Waals surface area contributed by atoms with Gasteiger partial charge in [0.05, 0.1) is 17.5 Å². The second-order valence-electron chi connectivity index (χ2n) is 8.81. The topological polar surface area (TPSA) is 79.4 Å². The molecule has 31 heavy (non-hydrogen) atoms. The largest absolute Gasteiger partial charge is 0.381 e. The van der Waals surface area contributed by atoms with Crippen LogP contribution >= 0.6 is 22.7 Å². The van der Waals surface area contributed by atoms with Gasteiger partial charge in [0.25, 0.3) is 0 Å². The van der Waals surface area contributed by atoms with E-state index in [0.29, 0.717) is 11.8 Å². The highest BCUT2D eigenvalue weighted by atomic mass is 32.1. The summed E-state index contributed by atoms with van der Waals surface area (Å²) >= 11 is 3.37. The Balaban J connectivity index is 0.00000130. The van der Waals surface area contributed by atoms with E-state index in [2.05, 4.69) is 20.5 Å². The predicted octanol–water partition coefficient (Wildman–Crippen LogP) is 3.61. The molecule has 0 unspecified atom stereocenters. The molecule has 9 heteroatoms. The van der Waals surface area contributed by atoms with Gasteiger partial charge in [-0.1, -0.05) is 0 Å². The number of hydrogen-bond donors (Lipinski definition) is 2. The first-order valence-electron chi connectivity index (χ1n) is 10.9. The number of carbonyl (C=O) groups excluding carboxylic acids is 1. The van der Waals surface area contributed by atoms with Crippen molar-refractivity contribution in [3.63, 3.8) is 0 Å². The summed E-state index contributed by atoms with van der Waals surface area (Å²) in [6, 6.07) is 2.00. The van der Waals surface area contributed by atoms with E-state index < -0.39 is 0 Å². The molecule has 0 bridgehead atoms. The van der Waals surface area contributed by atoms with Gasteiger partial charge in [0.1, 0.15) is 15.5 Å². The number of amides is 1. The zero-order valence-corrected chi connectivity index (χ0v) is 18.9. The molecule has 3 aliphatic rings. The van der Waals surface area contributed by atoms with Crippen molar-refractivity contribution in [3.8, 4) is 10.6 Å². The van der Waals surface area contributed by atoms with Gasteiger partial charge in [0.15, 0.2) is 0 Å². The van der Waals surface area contributed by atoms with Crippen LogP contribution in [0.5, 0.6) is 0 Å². The van der Waals surface area contributed by atoms with E-state index >= 15 is 0 Å². The summed E-state index contributed by atoms with van der Waals surface area (Å²) in [5.74, 6) is 0.0826. The minimum absolute atomic E-state index is 0.